The second-order valence-electron chi connectivity index (χ2n) is 6.60. The van der Waals surface area contributed by atoms with E-state index >= 15 is 0 Å². The first-order valence-electron chi connectivity index (χ1n) is 9.10. The van der Waals surface area contributed by atoms with Gasteiger partial charge in [-0.05, 0) is 31.4 Å². The molecule has 1 heterocycles. The Morgan fingerprint density at radius 3 is 2.64 bits per heavy atom. The van der Waals surface area contributed by atoms with Gasteiger partial charge >= 0.3 is 0 Å². The van der Waals surface area contributed by atoms with E-state index in [4.69, 9.17) is 0 Å². The Bertz CT molecular complexity index is 607. The van der Waals surface area contributed by atoms with E-state index in [0.29, 0.717) is 12.1 Å². The first-order valence-corrected chi connectivity index (χ1v) is 9.10. The maximum atomic E-state index is 12.3. The van der Waals surface area contributed by atoms with Gasteiger partial charge in [0.2, 0.25) is 5.91 Å². The number of nitrogens with zero attached hydrogens (tertiary/aromatic N) is 1. The third kappa shape index (κ3) is 5.08. The molecule has 1 atom stereocenters. The van der Waals surface area contributed by atoms with E-state index in [1.54, 1.807) is 6.08 Å². The number of nitrogens with one attached hydrogen (secondary N) is 2. The van der Waals surface area contributed by atoms with Gasteiger partial charge in [0.15, 0.2) is 0 Å². The average Bonchev–Trinajstić information content (AvgIpc) is 2.66. The molecular weight excluding hydrogens is 314 g/mol. The molecule has 1 fully saturated rings. The Kier molecular flexibility index (Phi) is 7.04. The monoisotopic (exact) mass is 343 g/mol. The number of rotatable bonds is 7. The molecule has 2 N–H and O–H groups in total. The number of hydrogen-bond donors (Lipinski definition) is 2. The number of piperidine rings is 1. The van der Waals surface area contributed by atoms with Crippen molar-refractivity contribution in [3.8, 4) is 0 Å². The lowest BCUT2D eigenvalue weighted by Crippen LogP contribution is -2.46. The van der Waals surface area contributed by atoms with E-state index in [0.717, 1.165) is 38.0 Å². The van der Waals surface area contributed by atoms with Crippen LogP contribution in [0.4, 0.5) is 5.69 Å². The molecule has 0 aromatic heterocycles. The lowest BCUT2D eigenvalue weighted by Gasteiger charge is -2.35. The molecule has 1 aromatic rings. The summed E-state index contributed by atoms with van der Waals surface area (Å²) in [6, 6.07) is 7.90. The zero-order chi connectivity index (χ0) is 18.2. The number of carbonyl (C=O) groups excluding carboxylic acids is 2. The van der Waals surface area contributed by atoms with E-state index in [2.05, 4.69) is 22.1 Å². The predicted molar refractivity (Wildman–Crippen MR) is 102 cm³/mol. The molecular formula is C20H29N3O2. The molecule has 1 saturated heterocycles. The van der Waals surface area contributed by atoms with E-state index in [-0.39, 0.29) is 23.8 Å². The van der Waals surface area contributed by atoms with Gasteiger partial charge in [0.05, 0.1) is 5.56 Å². The van der Waals surface area contributed by atoms with Crippen LogP contribution >= 0.6 is 0 Å². The first kappa shape index (κ1) is 19.0. The van der Waals surface area contributed by atoms with Gasteiger partial charge in [0.1, 0.15) is 0 Å². The van der Waals surface area contributed by atoms with Gasteiger partial charge in [0, 0.05) is 37.3 Å². The van der Waals surface area contributed by atoms with Crippen molar-refractivity contribution < 1.29 is 9.59 Å². The Labute approximate surface area is 150 Å². The molecule has 5 nitrogen and oxygen atoms in total. The number of anilines is 1. The highest BCUT2D eigenvalue weighted by Crippen LogP contribution is 2.24. The molecule has 0 spiro atoms. The number of benzene rings is 1. The summed E-state index contributed by atoms with van der Waals surface area (Å²) in [6.45, 7) is 9.74. The highest BCUT2D eigenvalue weighted by molar-refractivity contribution is 5.99. The summed E-state index contributed by atoms with van der Waals surface area (Å²) in [6.07, 6.45) is 4.32. The summed E-state index contributed by atoms with van der Waals surface area (Å²) < 4.78 is 0. The van der Waals surface area contributed by atoms with E-state index in [1.807, 2.05) is 38.1 Å². The lowest BCUT2D eigenvalue weighted by atomic mass is 10.0. The second-order valence-corrected chi connectivity index (χ2v) is 6.60. The molecule has 5 heteroatoms. The Hall–Kier alpha value is -2.30. The van der Waals surface area contributed by atoms with Crippen LogP contribution in [-0.2, 0) is 4.79 Å². The van der Waals surface area contributed by atoms with Gasteiger partial charge in [-0.3, -0.25) is 9.59 Å². The summed E-state index contributed by atoms with van der Waals surface area (Å²) in [4.78, 5) is 26.6. The van der Waals surface area contributed by atoms with Crippen LogP contribution < -0.4 is 15.5 Å². The van der Waals surface area contributed by atoms with Crippen LogP contribution in [-0.4, -0.2) is 37.5 Å². The quantitative estimate of drug-likeness (QED) is 0.749. The lowest BCUT2D eigenvalue weighted by molar-refractivity contribution is -0.125. The first-order chi connectivity index (χ1) is 12.1. The normalized spacial score (nSPS) is 16.2. The smallest absolute Gasteiger partial charge is 0.253 e. The Balaban J connectivity index is 1.98. The minimum Gasteiger partial charge on any atom is -0.371 e. The van der Waals surface area contributed by atoms with E-state index in [1.165, 1.54) is 0 Å². The highest BCUT2D eigenvalue weighted by atomic mass is 16.2. The zero-order valence-electron chi connectivity index (χ0n) is 15.3. The van der Waals surface area contributed by atoms with Gasteiger partial charge in [-0.25, -0.2) is 0 Å². The van der Waals surface area contributed by atoms with Crippen molar-refractivity contribution in [3.63, 3.8) is 0 Å². The largest absolute Gasteiger partial charge is 0.371 e. The fourth-order valence-corrected chi connectivity index (χ4v) is 3.00. The fraction of sp³-hybridized carbons (Fsp3) is 0.500. The maximum absolute atomic E-state index is 12.3. The van der Waals surface area contributed by atoms with Crippen molar-refractivity contribution in [1.29, 1.82) is 0 Å². The molecule has 0 aliphatic carbocycles. The van der Waals surface area contributed by atoms with Crippen LogP contribution in [0, 0.1) is 5.92 Å². The molecule has 2 amide bonds. The standard InChI is InChI=1S/C20H29N3O2/c1-4-12-21-20(25)17-8-6-7-9-18(17)23-13-10-16(11-14-23)22-19(24)15(3)5-2/h4,6-9,15-16H,1,5,10-14H2,2-3H3,(H,21,25)(H,22,24)/t15-/m1/s1. The second kappa shape index (κ2) is 9.25. The van der Waals surface area contributed by atoms with Gasteiger partial charge in [-0.1, -0.05) is 32.1 Å². The van der Waals surface area contributed by atoms with Gasteiger partial charge in [-0.15, -0.1) is 6.58 Å². The van der Waals surface area contributed by atoms with Crippen LogP contribution in [0.15, 0.2) is 36.9 Å². The molecule has 136 valence electrons. The molecule has 25 heavy (non-hydrogen) atoms. The van der Waals surface area contributed by atoms with Crippen LogP contribution in [0.25, 0.3) is 0 Å². The molecule has 1 aliphatic rings. The molecule has 0 unspecified atom stereocenters. The zero-order valence-corrected chi connectivity index (χ0v) is 15.3. The van der Waals surface area contributed by atoms with Crippen molar-refractivity contribution in [3.05, 3.63) is 42.5 Å². The number of hydrogen-bond acceptors (Lipinski definition) is 3. The Morgan fingerprint density at radius 1 is 1.32 bits per heavy atom. The SMILES string of the molecule is C=CCNC(=O)c1ccccc1N1CCC(NC(=O)[C@H](C)CC)CC1. The van der Waals surface area contributed by atoms with Crippen LogP contribution in [0.1, 0.15) is 43.5 Å². The van der Waals surface area contributed by atoms with Crippen molar-refractivity contribution in [2.45, 2.75) is 39.2 Å². The van der Waals surface area contributed by atoms with Crippen LogP contribution in [0.3, 0.4) is 0 Å². The van der Waals surface area contributed by atoms with Crippen LogP contribution in [0.5, 0.6) is 0 Å². The number of para-hydroxylation sites is 1. The molecule has 1 aliphatic heterocycles. The molecule has 0 saturated carbocycles. The summed E-state index contributed by atoms with van der Waals surface area (Å²) in [5.41, 5.74) is 1.64. The average molecular weight is 343 g/mol. The topological polar surface area (TPSA) is 61.4 Å². The van der Waals surface area contributed by atoms with E-state index < -0.39 is 0 Å². The van der Waals surface area contributed by atoms with Gasteiger partial charge in [-0.2, -0.15) is 0 Å². The summed E-state index contributed by atoms with van der Waals surface area (Å²) >= 11 is 0. The van der Waals surface area contributed by atoms with E-state index in [9.17, 15) is 9.59 Å². The minimum absolute atomic E-state index is 0.0623. The number of amides is 2. The Morgan fingerprint density at radius 2 is 2.00 bits per heavy atom. The van der Waals surface area contributed by atoms with Gasteiger partial charge in [0.25, 0.3) is 5.91 Å². The summed E-state index contributed by atoms with van der Waals surface area (Å²) in [5.74, 6) is 0.125. The van der Waals surface area contributed by atoms with Crippen LogP contribution in [0.2, 0.25) is 0 Å². The summed E-state index contributed by atoms with van der Waals surface area (Å²) in [5, 5.41) is 5.99. The van der Waals surface area contributed by atoms with Gasteiger partial charge < -0.3 is 15.5 Å². The fourth-order valence-electron chi connectivity index (χ4n) is 3.00. The third-order valence-corrected chi connectivity index (χ3v) is 4.80. The molecule has 2 rings (SSSR count). The highest BCUT2D eigenvalue weighted by Gasteiger charge is 2.24. The molecule has 1 aromatic carbocycles. The summed E-state index contributed by atoms with van der Waals surface area (Å²) in [7, 11) is 0. The van der Waals surface area contributed by atoms with Crippen molar-refractivity contribution >= 4 is 17.5 Å². The van der Waals surface area contributed by atoms with Crippen molar-refractivity contribution in [2.24, 2.45) is 5.92 Å². The molecule has 0 bridgehead atoms. The maximum Gasteiger partial charge on any atom is 0.253 e. The van der Waals surface area contributed by atoms with Crippen molar-refractivity contribution in [2.75, 3.05) is 24.5 Å². The molecule has 0 radical (unpaired) electrons. The predicted octanol–water partition coefficient (Wildman–Crippen LogP) is 2.73. The minimum atomic E-state index is -0.0808. The number of carbonyl (C=O) groups is 2. The van der Waals surface area contributed by atoms with Crippen molar-refractivity contribution in [1.82, 2.24) is 10.6 Å². The third-order valence-electron chi connectivity index (χ3n) is 4.80.